The molecular formula is C12H14BrN3. The summed E-state index contributed by atoms with van der Waals surface area (Å²) in [6.45, 7) is 4.03. The summed E-state index contributed by atoms with van der Waals surface area (Å²) in [6.07, 6.45) is 3.61. The van der Waals surface area contributed by atoms with E-state index in [0.29, 0.717) is 0 Å². The topological polar surface area (TPSA) is 43.8 Å². The number of nitrogens with two attached hydrogens (primary N) is 1. The summed E-state index contributed by atoms with van der Waals surface area (Å²) in [6, 6.07) is 6.08. The zero-order valence-corrected chi connectivity index (χ0v) is 10.9. The largest absolute Gasteiger partial charge is 0.323 e. The van der Waals surface area contributed by atoms with Gasteiger partial charge in [-0.25, -0.2) is 4.98 Å². The highest BCUT2D eigenvalue weighted by Gasteiger charge is 2.10. The molecule has 2 N–H and O–H groups in total. The van der Waals surface area contributed by atoms with Gasteiger partial charge in [-0.2, -0.15) is 0 Å². The molecule has 1 aromatic carbocycles. The molecule has 3 nitrogen and oxygen atoms in total. The standard InChI is InChI=1S/C12H14BrN3/c1-8-10(13)4-3-5-11(8)16-7-15-6-12(16)9(2)14/h3-7,9H,14H2,1-2H3/t9-/m0/s1. The van der Waals surface area contributed by atoms with Crippen molar-refractivity contribution < 1.29 is 0 Å². The van der Waals surface area contributed by atoms with E-state index in [0.717, 1.165) is 15.9 Å². The predicted molar refractivity (Wildman–Crippen MR) is 68.6 cm³/mol. The first-order chi connectivity index (χ1) is 7.61. The van der Waals surface area contributed by atoms with Gasteiger partial charge in [-0.15, -0.1) is 0 Å². The second kappa shape index (κ2) is 4.39. The van der Waals surface area contributed by atoms with Crippen LogP contribution in [0.5, 0.6) is 0 Å². The zero-order chi connectivity index (χ0) is 11.7. The third-order valence-corrected chi connectivity index (χ3v) is 3.49. The van der Waals surface area contributed by atoms with Gasteiger partial charge in [0.25, 0.3) is 0 Å². The van der Waals surface area contributed by atoms with Crippen LogP contribution >= 0.6 is 15.9 Å². The summed E-state index contributed by atoms with van der Waals surface area (Å²) in [4.78, 5) is 4.16. The lowest BCUT2D eigenvalue weighted by atomic mass is 10.2. The van der Waals surface area contributed by atoms with Crippen LogP contribution in [0.1, 0.15) is 24.2 Å². The summed E-state index contributed by atoms with van der Waals surface area (Å²) in [5.74, 6) is 0. The minimum absolute atomic E-state index is 0.0270. The Morgan fingerprint density at radius 3 is 2.88 bits per heavy atom. The molecule has 0 radical (unpaired) electrons. The van der Waals surface area contributed by atoms with Crippen LogP contribution in [0.2, 0.25) is 0 Å². The first kappa shape index (κ1) is 11.4. The number of rotatable bonds is 2. The Balaban J connectivity index is 2.59. The van der Waals surface area contributed by atoms with Gasteiger partial charge in [0.05, 0.1) is 23.9 Å². The molecule has 0 bridgehead atoms. The van der Waals surface area contributed by atoms with Crippen molar-refractivity contribution in [2.45, 2.75) is 19.9 Å². The molecule has 0 aliphatic carbocycles. The molecule has 0 aliphatic heterocycles. The number of benzene rings is 1. The van der Waals surface area contributed by atoms with Gasteiger partial charge in [0.1, 0.15) is 0 Å². The maximum atomic E-state index is 5.91. The van der Waals surface area contributed by atoms with Crippen molar-refractivity contribution in [3.63, 3.8) is 0 Å². The van der Waals surface area contributed by atoms with Gasteiger partial charge in [0.15, 0.2) is 0 Å². The van der Waals surface area contributed by atoms with E-state index in [-0.39, 0.29) is 6.04 Å². The minimum atomic E-state index is -0.0270. The minimum Gasteiger partial charge on any atom is -0.323 e. The molecule has 0 fully saturated rings. The highest BCUT2D eigenvalue weighted by atomic mass is 79.9. The molecule has 84 valence electrons. The molecule has 0 saturated carbocycles. The summed E-state index contributed by atoms with van der Waals surface area (Å²) >= 11 is 3.53. The van der Waals surface area contributed by atoms with Gasteiger partial charge in [-0.3, -0.25) is 0 Å². The molecule has 16 heavy (non-hydrogen) atoms. The Morgan fingerprint density at radius 1 is 1.44 bits per heavy atom. The summed E-state index contributed by atoms with van der Waals surface area (Å²) < 4.78 is 3.12. The van der Waals surface area contributed by atoms with Crippen molar-refractivity contribution in [3.8, 4) is 5.69 Å². The Hall–Kier alpha value is -1.13. The highest BCUT2D eigenvalue weighted by Crippen LogP contribution is 2.24. The third kappa shape index (κ3) is 1.90. The number of aromatic nitrogens is 2. The van der Waals surface area contributed by atoms with E-state index in [2.05, 4.69) is 33.9 Å². The molecule has 0 amide bonds. The van der Waals surface area contributed by atoms with Crippen molar-refractivity contribution >= 4 is 15.9 Å². The molecule has 0 spiro atoms. The lowest BCUT2D eigenvalue weighted by Crippen LogP contribution is -2.11. The molecule has 1 aromatic heterocycles. The average molecular weight is 280 g/mol. The number of imidazole rings is 1. The molecule has 1 heterocycles. The molecule has 1 atom stereocenters. The zero-order valence-electron chi connectivity index (χ0n) is 9.31. The first-order valence-electron chi connectivity index (χ1n) is 5.14. The van der Waals surface area contributed by atoms with E-state index >= 15 is 0 Å². The Labute approximate surface area is 103 Å². The lowest BCUT2D eigenvalue weighted by Gasteiger charge is -2.13. The van der Waals surface area contributed by atoms with Crippen LogP contribution in [-0.4, -0.2) is 9.55 Å². The van der Waals surface area contributed by atoms with Crippen LogP contribution in [0, 0.1) is 6.92 Å². The molecule has 2 aromatic rings. The van der Waals surface area contributed by atoms with Crippen LogP contribution in [0.25, 0.3) is 5.69 Å². The molecule has 0 saturated heterocycles. The van der Waals surface area contributed by atoms with Crippen LogP contribution in [0.4, 0.5) is 0 Å². The van der Waals surface area contributed by atoms with E-state index < -0.39 is 0 Å². The number of nitrogens with zero attached hydrogens (tertiary/aromatic N) is 2. The third-order valence-electron chi connectivity index (χ3n) is 2.63. The quantitative estimate of drug-likeness (QED) is 0.919. The molecular weight excluding hydrogens is 266 g/mol. The highest BCUT2D eigenvalue weighted by molar-refractivity contribution is 9.10. The van der Waals surface area contributed by atoms with Crippen LogP contribution < -0.4 is 5.73 Å². The lowest BCUT2D eigenvalue weighted by molar-refractivity contribution is 0.751. The van der Waals surface area contributed by atoms with E-state index in [4.69, 9.17) is 5.73 Å². The van der Waals surface area contributed by atoms with Gasteiger partial charge in [0, 0.05) is 10.5 Å². The number of halogens is 1. The molecule has 0 unspecified atom stereocenters. The second-order valence-electron chi connectivity index (χ2n) is 3.86. The molecule has 4 heteroatoms. The van der Waals surface area contributed by atoms with Crippen molar-refractivity contribution in [1.29, 1.82) is 0 Å². The number of hydrogen-bond acceptors (Lipinski definition) is 2. The average Bonchev–Trinajstić information content (AvgIpc) is 2.70. The smallest absolute Gasteiger partial charge is 0.0994 e. The van der Waals surface area contributed by atoms with Crippen molar-refractivity contribution in [2.24, 2.45) is 5.73 Å². The van der Waals surface area contributed by atoms with Crippen LogP contribution in [0.3, 0.4) is 0 Å². The van der Waals surface area contributed by atoms with Crippen molar-refractivity contribution in [3.05, 3.63) is 46.5 Å². The van der Waals surface area contributed by atoms with E-state index in [1.807, 2.05) is 29.8 Å². The van der Waals surface area contributed by atoms with Gasteiger partial charge in [-0.1, -0.05) is 22.0 Å². The van der Waals surface area contributed by atoms with Crippen LogP contribution in [0.15, 0.2) is 35.2 Å². The van der Waals surface area contributed by atoms with E-state index in [1.165, 1.54) is 5.56 Å². The maximum absolute atomic E-state index is 5.91. The monoisotopic (exact) mass is 279 g/mol. The second-order valence-corrected chi connectivity index (χ2v) is 4.72. The molecule has 2 rings (SSSR count). The van der Waals surface area contributed by atoms with Crippen LogP contribution in [-0.2, 0) is 0 Å². The van der Waals surface area contributed by atoms with Gasteiger partial charge < -0.3 is 10.3 Å². The number of hydrogen-bond donors (Lipinski definition) is 1. The fraction of sp³-hybridized carbons (Fsp3) is 0.250. The van der Waals surface area contributed by atoms with E-state index in [1.54, 1.807) is 6.33 Å². The fourth-order valence-electron chi connectivity index (χ4n) is 1.70. The molecule has 0 aliphatic rings. The van der Waals surface area contributed by atoms with Gasteiger partial charge in [-0.05, 0) is 31.5 Å². The SMILES string of the molecule is Cc1c(Br)cccc1-n1cncc1[C@H](C)N. The van der Waals surface area contributed by atoms with Gasteiger partial charge in [0.2, 0.25) is 0 Å². The Kier molecular flexibility index (Phi) is 3.12. The summed E-state index contributed by atoms with van der Waals surface area (Å²) in [7, 11) is 0. The normalized spacial score (nSPS) is 12.8. The van der Waals surface area contributed by atoms with Gasteiger partial charge >= 0.3 is 0 Å². The van der Waals surface area contributed by atoms with Crippen molar-refractivity contribution in [2.75, 3.05) is 0 Å². The summed E-state index contributed by atoms with van der Waals surface area (Å²) in [5, 5.41) is 0. The maximum Gasteiger partial charge on any atom is 0.0994 e. The van der Waals surface area contributed by atoms with E-state index in [9.17, 15) is 0 Å². The van der Waals surface area contributed by atoms with Crippen molar-refractivity contribution in [1.82, 2.24) is 9.55 Å². The summed E-state index contributed by atoms with van der Waals surface area (Å²) in [5.41, 5.74) is 9.22. The fourth-order valence-corrected chi connectivity index (χ4v) is 2.06. The Morgan fingerprint density at radius 2 is 2.19 bits per heavy atom. The Bertz CT molecular complexity index is 503. The first-order valence-corrected chi connectivity index (χ1v) is 5.94. The predicted octanol–water partition coefficient (Wildman–Crippen LogP) is 2.96.